The summed E-state index contributed by atoms with van der Waals surface area (Å²) in [4.78, 5) is 24.9. The molecule has 0 saturated carbocycles. The third-order valence-corrected chi connectivity index (χ3v) is 4.60. The molecule has 2 N–H and O–H groups in total. The molecular weight excluding hydrogens is 348 g/mol. The fraction of sp³-hybridized carbons (Fsp3) is 0.100. The van der Waals surface area contributed by atoms with Gasteiger partial charge >= 0.3 is 0 Å². The summed E-state index contributed by atoms with van der Waals surface area (Å²) < 4.78 is 5.52. The average Bonchev–Trinajstić information content (AvgIpc) is 3.07. The molecule has 1 aromatic heterocycles. The predicted octanol–water partition coefficient (Wildman–Crippen LogP) is 4.33. The minimum Gasteiger partial charge on any atom is -0.484 e. The number of benzene rings is 2. The van der Waals surface area contributed by atoms with Crippen molar-refractivity contribution in [2.75, 3.05) is 17.2 Å². The van der Waals surface area contributed by atoms with Crippen molar-refractivity contribution in [1.82, 2.24) is 0 Å². The summed E-state index contributed by atoms with van der Waals surface area (Å²) in [6, 6.07) is 18.1. The number of thiophene rings is 1. The zero-order valence-electron chi connectivity index (χ0n) is 14.2. The number of hydrogen-bond donors (Lipinski definition) is 2. The van der Waals surface area contributed by atoms with E-state index in [-0.39, 0.29) is 18.4 Å². The molecule has 0 saturated heterocycles. The Morgan fingerprint density at radius 3 is 2.46 bits per heavy atom. The lowest BCUT2D eigenvalue weighted by Crippen LogP contribution is -2.20. The van der Waals surface area contributed by atoms with E-state index in [1.54, 1.807) is 36.4 Å². The van der Waals surface area contributed by atoms with E-state index in [9.17, 15) is 9.59 Å². The molecule has 0 aliphatic rings. The van der Waals surface area contributed by atoms with Gasteiger partial charge in [-0.05, 0) is 48.2 Å². The average molecular weight is 366 g/mol. The van der Waals surface area contributed by atoms with Crippen LogP contribution in [0.4, 0.5) is 11.4 Å². The molecule has 0 bridgehead atoms. The number of anilines is 2. The van der Waals surface area contributed by atoms with E-state index in [1.807, 2.05) is 36.6 Å². The number of carbonyl (C=O) groups excluding carboxylic acids is 2. The van der Waals surface area contributed by atoms with Crippen molar-refractivity contribution in [1.29, 1.82) is 0 Å². The smallest absolute Gasteiger partial charge is 0.265 e. The van der Waals surface area contributed by atoms with Crippen LogP contribution in [-0.4, -0.2) is 18.4 Å². The molecule has 3 rings (SSSR count). The van der Waals surface area contributed by atoms with Gasteiger partial charge in [0.1, 0.15) is 5.75 Å². The van der Waals surface area contributed by atoms with Crippen molar-refractivity contribution in [3.05, 3.63) is 76.5 Å². The van der Waals surface area contributed by atoms with E-state index in [2.05, 4.69) is 10.6 Å². The van der Waals surface area contributed by atoms with E-state index in [1.165, 1.54) is 11.3 Å². The second-order valence-corrected chi connectivity index (χ2v) is 6.53. The first-order chi connectivity index (χ1) is 12.6. The van der Waals surface area contributed by atoms with Crippen LogP contribution < -0.4 is 15.4 Å². The lowest BCUT2D eigenvalue weighted by Gasteiger charge is -2.09. The zero-order chi connectivity index (χ0) is 18.4. The van der Waals surface area contributed by atoms with Crippen LogP contribution in [0, 0.1) is 6.92 Å². The Morgan fingerprint density at radius 1 is 0.962 bits per heavy atom. The molecule has 0 atom stereocenters. The summed E-state index contributed by atoms with van der Waals surface area (Å²) in [5.41, 5.74) is 2.27. The maximum Gasteiger partial charge on any atom is 0.265 e. The fourth-order valence-electron chi connectivity index (χ4n) is 2.32. The van der Waals surface area contributed by atoms with Crippen molar-refractivity contribution in [2.24, 2.45) is 0 Å². The minimum absolute atomic E-state index is 0.115. The van der Waals surface area contributed by atoms with E-state index < -0.39 is 0 Å². The number of carbonyl (C=O) groups is 2. The van der Waals surface area contributed by atoms with E-state index >= 15 is 0 Å². The molecular formula is C20H18N2O3S. The summed E-state index contributed by atoms with van der Waals surface area (Å²) in [6.45, 7) is 1.78. The van der Waals surface area contributed by atoms with E-state index in [0.29, 0.717) is 22.0 Å². The topological polar surface area (TPSA) is 67.4 Å². The second kappa shape index (κ2) is 8.31. The SMILES string of the molecule is Cc1ccsc1C(=O)Nc1cccc(OCC(=O)Nc2ccccc2)c1. The second-order valence-electron chi connectivity index (χ2n) is 5.62. The molecule has 0 aliphatic carbocycles. The van der Waals surface area contributed by atoms with Crippen LogP contribution in [0.3, 0.4) is 0 Å². The van der Waals surface area contributed by atoms with Crippen LogP contribution in [0.1, 0.15) is 15.2 Å². The van der Waals surface area contributed by atoms with Gasteiger partial charge < -0.3 is 15.4 Å². The van der Waals surface area contributed by atoms with Gasteiger partial charge in [0.05, 0.1) is 4.88 Å². The number of aryl methyl sites for hydroxylation is 1. The molecule has 0 unspecified atom stereocenters. The van der Waals surface area contributed by atoms with Crippen LogP contribution in [-0.2, 0) is 4.79 Å². The summed E-state index contributed by atoms with van der Waals surface area (Å²) >= 11 is 1.40. The predicted molar refractivity (Wildman–Crippen MR) is 104 cm³/mol. The van der Waals surface area contributed by atoms with Gasteiger partial charge in [-0.15, -0.1) is 11.3 Å². The Balaban J connectivity index is 1.56. The van der Waals surface area contributed by atoms with Gasteiger partial charge in [0.2, 0.25) is 0 Å². The van der Waals surface area contributed by atoms with Gasteiger partial charge in [-0.25, -0.2) is 0 Å². The van der Waals surface area contributed by atoms with Crippen LogP contribution in [0.5, 0.6) is 5.75 Å². The molecule has 5 nitrogen and oxygen atoms in total. The van der Waals surface area contributed by atoms with Gasteiger partial charge in [-0.1, -0.05) is 24.3 Å². The first kappa shape index (κ1) is 17.7. The monoisotopic (exact) mass is 366 g/mol. The quantitative estimate of drug-likeness (QED) is 0.682. The standard InChI is InChI=1S/C20H18N2O3S/c1-14-10-11-26-19(14)20(24)22-16-8-5-9-17(12-16)25-13-18(23)21-15-6-3-2-4-7-15/h2-12H,13H2,1H3,(H,21,23)(H,22,24). The molecule has 0 radical (unpaired) electrons. The van der Waals surface area contributed by atoms with Gasteiger partial charge in [0, 0.05) is 17.4 Å². The lowest BCUT2D eigenvalue weighted by molar-refractivity contribution is -0.118. The highest BCUT2D eigenvalue weighted by molar-refractivity contribution is 7.12. The summed E-state index contributed by atoms with van der Waals surface area (Å²) in [6.07, 6.45) is 0. The van der Waals surface area contributed by atoms with Crippen molar-refractivity contribution in [3.8, 4) is 5.75 Å². The fourth-order valence-corrected chi connectivity index (χ4v) is 3.14. The molecule has 132 valence electrons. The third-order valence-electron chi connectivity index (χ3n) is 3.59. The van der Waals surface area contributed by atoms with E-state index in [0.717, 1.165) is 5.56 Å². The lowest BCUT2D eigenvalue weighted by atomic mass is 10.2. The minimum atomic E-state index is -0.250. The number of rotatable bonds is 6. The number of hydrogen-bond acceptors (Lipinski definition) is 4. The molecule has 6 heteroatoms. The first-order valence-corrected chi connectivity index (χ1v) is 8.93. The maximum atomic E-state index is 12.3. The number of amides is 2. The Labute approximate surface area is 155 Å². The Hall–Kier alpha value is -3.12. The summed E-state index contributed by atoms with van der Waals surface area (Å²) in [5, 5.41) is 7.48. The number of ether oxygens (including phenoxy) is 1. The Kier molecular flexibility index (Phi) is 5.66. The third kappa shape index (κ3) is 4.70. The molecule has 0 fully saturated rings. The zero-order valence-corrected chi connectivity index (χ0v) is 15.0. The highest BCUT2D eigenvalue weighted by atomic mass is 32.1. The van der Waals surface area contributed by atoms with Crippen LogP contribution in [0.2, 0.25) is 0 Å². The van der Waals surface area contributed by atoms with Crippen LogP contribution in [0.15, 0.2) is 66.0 Å². The molecule has 3 aromatic rings. The van der Waals surface area contributed by atoms with Gasteiger partial charge in [0.25, 0.3) is 11.8 Å². The summed E-state index contributed by atoms with van der Waals surface area (Å²) in [5.74, 6) is 0.102. The van der Waals surface area contributed by atoms with E-state index in [4.69, 9.17) is 4.74 Å². The largest absolute Gasteiger partial charge is 0.484 e. The van der Waals surface area contributed by atoms with Crippen molar-refractivity contribution < 1.29 is 14.3 Å². The molecule has 2 aromatic carbocycles. The van der Waals surface area contributed by atoms with Crippen molar-refractivity contribution in [3.63, 3.8) is 0 Å². The molecule has 1 heterocycles. The molecule has 0 aliphatic heterocycles. The normalized spacial score (nSPS) is 10.2. The highest BCUT2D eigenvalue weighted by Gasteiger charge is 2.11. The van der Waals surface area contributed by atoms with Gasteiger partial charge in [-0.2, -0.15) is 0 Å². The molecule has 0 spiro atoms. The van der Waals surface area contributed by atoms with Crippen LogP contribution in [0.25, 0.3) is 0 Å². The Bertz CT molecular complexity index is 906. The summed E-state index contributed by atoms with van der Waals surface area (Å²) in [7, 11) is 0. The molecule has 26 heavy (non-hydrogen) atoms. The van der Waals surface area contributed by atoms with Crippen molar-refractivity contribution >= 4 is 34.5 Å². The van der Waals surface area contributed by atoms with Crippen LogP contribution >= 0.6 is 11.3 Å². The number of nitrogens with one attached hydrogen (secondary N) is 2. The maximum absolute atomic E-state index is 12.3. The van der Waals surface area contributed by atoms with Crippen molar-refractivity contribution in [2.45, 2.75) is 6.92 Å². The highest BCUT2D eigenvalue weighted by Crippen LogP contribution is 2.21. The Morgan fingerprint density at radius 2 is 1.73 bits per heavy atom. The first-order valence-electron chi connectivity index (χ1n) is 8.05. The van der Waals surface area contributed by atoms with Gasteiger partial charge in [0.15, 0.2) is 6.61 Å². The van der Waals surface area contributed by atoms with Gasteiger partial charge in [-0.3, -0.25) is 9.59 Å². The number of para-hydroxylation sites is 1. The molecule has 2 amide bonds.